The van der Waals surface area contributed by atoms with Crippen LogP contribution in [-0.4, -0.2) is 0 Å². The van der Waals surface area contributed by atoms with E-state index in [4.69, 9.17) is 5.73 Å². The van der Waals surface area contributed by atoms with Crippen molar-refractivity contribution in [3.05, 3.63) is 57.3 Å². The van der Waals surface area contributed by atoms with Crippen molar-refractivity contribution < 1.29 is 0 Å². The van der Waals surface area contributed by atoms with Crippen LogP contribution in [0.4, 0.5) is 0 Å². The Balaban J connectivity index is 1.98. The number of nitrogens with two attached hydrogens (primary N) is 1. The van der Waals surface area contributed by atoms with Crippen molar-refractivity contribution in [2.24, 2.45) is 5.73 Å². The van der Waals surface area contributed by atoms with Crippen LogP contribution in [0, 0.1) is 13.8 Å². The van der Waals surface area contributed by atoms with Crippen LogP contribution in [0.25, 0.3) is 0 Å². The Morgan fingerprint density at radius 3 is 2.33 bits per heavy atom. The van der Waals surface area contributed by atoms with Crippen LogP contribution >= 0.6 is 11.3 Å². The summed E-state index contributed by atoms with van der Waals surface area (Å²) in [5, 5.41) is 0. The number of hydrogen-bond donors (Lipinski definition) is 1. The van der Waals surface area contributed by atoms with Crippen LogP contribution in [0.2, 0.25) is 0 Å². The third-order valence-electron chi connectivity index (χ3n) is 4.09. The third kappa shape index (κ3) is 1.80. The molecule has 1 heterocycles. The van der Waals surface area contributed by atoms with Gasteiger partial charge in [0.2, 0.25) is 0 Å². The van der Waals surface area contributed by atoms with Gasteiger partial charge in [-0.1, -0.05) is 30.3 Å². The molecule has 0 radical (unpaired) electrons. The van der Waals surface area contributed by atoms with E-state index < -0.39 is 0 Å². The largest absolute Gasteiger partial charge is 0.323 e. The van der Waals surface area contributed by atoms with Crippen molar-refractivity contribution in [3.8, 4) is 0 Å². The quantitative estimate of drug-likeness (QED) is 0.880. The summed E-state index contributed by atoms with van der Waals surface area (Å²) in [6.45, 7) is 4.34. The minimum Gasteiger partial charge on any atom is -0.323 e. The zero-order valence-corrected chi connectivity index (χ0v) is 11.8. The molecule has 1 aromatic carbocycles. The molecule has 1 nitrogen and oxygen atoms in total. The lowest BCUT2D eigenvalue weighted by molar-refractivity contribution is 0.547. The molecule has 1 fully saturated rings. The average Bonchev–Trinajstić information content (AvgIpc) is 3.11. The summed E-state index contributed by atoms with van der Waals surface area (Å²) in [5.74, 6) is 0. The molecule has 18 heavy (non-hydrogen) atoms. The average molecular weight is 257 g/mol. The predicted molar refractivity (Wildman–Crippen MR) is 78.1 cm³/mol. The molecule has 1 aliphatic carbocycles. The summed E-state index contributed by atoms with van der Waals surface area (Å²) < 4.78 is 0. The van der Waals surface area contributed by atoms with E-state index in [0.717, 1.165) is 0 Å². The second kappa shape index (κ2) is 4.22. The van der Waals surface area contributed by atoms with Crippen LogP contribution in [0.15, 0.2) is 36.4 Å². The van der Waals surface area contributed by atoms with Gasteiger partial charge in [-0.25, -0.2) is 0 Å². The smallest absolute Gasteiger partial charge is 0.0490 e. The maximum atomic E-state index is 6.59. The maximum absolute atomic E-state index is 6.59. The van der Waals surface area contributed by atoms with Gasteiger partial charge in [0.15, 0.2) is 0 Å². The second-order valence-electron chi connectivity index (χ2n) is 5.40. The zero-order chi connectivity index (χ0) is 12.8. The Bertz CT molecular complexity index is 552. The Kier molecular flexibility index (Phi) is 2.80. The van der Waals surface area contributed by atoms with E-state index in [2.05, 4.69) is 50.2 Å². The molecule has 0 amide bonds. The van der Waals surface area contributed by atoms with Crippen LogP contribution < -0.4 is 5.73 Å². The number of aryl methyl sites for hydroxylation is 2. The summed E-state index contributed by atoms with van der Waals surface area (Å²) in [6, 6.07) is 13.2. The van der Waals surface area contributed by atoms with Crippen LogP contribution in [0.1, 0.15) is 39.8 Å². The van der Waals surface area contributed by atoms with Gasteiger partial charge >= 0.3 is 0 Å². The summed E-state index contributed by atoms with van der Waals surface area (Å²) in [5.41, 5.74) is 9.55. The van der Waals surface area contributed by atoms with E-state index in [0.29, 0.717) is 0 Å². The molecule has 2 heteroatoms. The maximum Gasteiger partial charge on any atom is 0.0490 e. The summed E-state index contributed by atoms with van der Waals surface area (Å²) in [7, 11) is 0. The number of benzene rings is 1. The highest BCUT2D eigenvalue weighted by atomic mass is 32.1. The standard InChI is InChI=1S/C16H19NS/c1-11-10-12(2)18-14(11)15(17)16(8-9-16)13-6-4-3-5-7-13/h3-7,10,15H,8-9,17H2,1-2H3. The highest BCUT2D eigenvalue weighted by Crippen LogP contribution is 2.56. The molecule has 0 aliphatic heterocycles. The van der Waals surface area contributed by atoms with Crippen molar-refractivity contribution in [1.29, 1.82) is 0 Å². The van der Waals surface area contributed by atoms with E-state index in [1.807, 2.05) is 11.3 Å². The molecule has 1 aromatic heterocycles. The topological polar surface area (TPSA) is 26.0 Å². The van der Waals surface area contributed by atoms with E-state index in [1.165, 1.54) is 33.7 Å². The normalized spacial score (nSPS) is 18.6. The van der Waals surface area contributed by atoms with Gasteiger partial charge in [0, 0.05) is 21.2 Å². The molecular weight excluding hydrogens is 238 g/mol. The molecule has 1 saturated carbocycles. The van der Waals surface area contributed by atoms with Gasteiger partial charge in [-0.05, 0) is 43.9 Å². The lowest BCUT2D eigenvalue weighted by Crippen LogP contribution is -2.26. The van der Waals surface area contributed by atoms with Gasteiger partial charge in [-0.2, -0.15) is 0 Å². The van der Waals surface area contributed by atoms with Crippen LogP contribution in [0.3, 0.4) is 0 Å². The van der Waals surface area contributed by atoms with Crippen LogP contribution in [0.5, 0.6) is 0 Å². The molecule has 0 bridgehead atoms. The van der Waals surface area contributed by atoms with Crippen molar-refractivity contribution in [1.82, 2.24) is 0 Å². The fourth-order valence-corrected chi connectivity index (χ4v) is 4.06. The minimum atomic E-state index is 0.151. The first-order valence-electron chi connectivity index (χ1n) is 6.51. The summed E-state index contributed by atoms with van der Waals surface area (Å²) in [4.78, 5) is 2.73. The molecule has 2 N–H and O–H groups in total. The van der Waals surface area contributed by atoms with Gasteiger partial charge in [0.25, 0.3) is 0 Å². The Morgan fingerprint density at radius 2 is 1.83 bits per heavy atom. The lowest BCUT2D eigenvalue weighted by atomic mass is 9.87. The number of rotatable bonds is 3. The van der Waals surface area contributed by atoms with Crippen molar-refractivity contribution >= 4 is 11.3 Å². The van der Waals surface area contributed by atoms with Gasteiger partial charge in [0.05, 0.1) is 0 Å². The molecule has 1 atom stereocenters. The first kappa shape index (κ1) is 11.9. The van der Waals surface area contributed by atoms with E-state index in [-0.39, 0.29) is 11.5 Å². The fraction of sp³-hybridized carbons (Fsp3) is 0.375. The molecule has 0 saturated heterocycles. The van der Waals surface area contributed by atoms with Gasteiger partial charge in [0.1, 0.15) is 0 Å². The molecule has 0 spiro atoms. The Hall–Kier alpha value is -1.12. The molecule has 1 unspecified atom stereocenters. The minimum absolute atomic E-state index is 0.151. The molecule has 3 rings (SSSR count). The lowest BCUT2D eigenvalue weighted by Gasteiger charge is -2.23. The third-order valence-corrected chi connectivity index (χ3v) is 5.33. The van der Waals surface area contributed by atoms with Crippen molar-refractivity contribution in [2.45, 2.75) is 38.1 Å². The summed E-state index contributed by atoms with van der Waals surface area (Å²) in [6.07, 6.45) is 2.43. The Labute approximate surface area is 113 Å². The SMILES string of the molecule is Cc1cc(C)c(C(N)C2(c3ccccc3)CC2)s1. The molecule has 1 aliphatic rings. The second-order valence-corrected chi connectivity index (χ2v) is 6.69. The fourth-order valence-electron chi connectivity index (χ4n) is 2.90. The monoisotopic (exact) mass is 257 g/mol. The van der Waals surface area contributed by atoms with Crippen molar-refractivity contribution in [2.75, 3.05) is 0 Å². The first-order valence-corrected chi connectivity index (χ1v) is 7.33. The number of hydrogen-bond acceptors (Lipinski definition) is 2. The Morgan fingerprint density at radius 1 is 1.17 bits per heavy atom. The highest BCUT2D eigenvalue weighted by Gasteiger charge is 2.50. The van der Waals surface area contributed by atoms with E-state index >= 15 is 0 Å². The predicted octanol–water partition coefficient (Wildman–Crippen LogP) is 4.10. The number of thiophene rings is 1. The highest BCUT2D eigenvalue weighted by molar-refractivity contribution is 7.12. The molecule has 2 aromatic rings. The zero-order valence-electron chi connectivity index (χ0n) is 10.9. The van der Waals surface area contributed by atoms with E-state index in [1.54, 1.807) is 0 Å². The van der Waals surface area contributed by atoms with Crippen molar-refractivity contribution in [3.63, 3.8) is 0 Å². The molecular formula is C16H19NS. The van der Waals surface area contributed by atoms with Gasteiger partial charge in [-0.15, -0.1) is 11.3 Å². The van der Waals surface area contributed by atoms with E-state index in [9.17, 15) is 0 Å². The van der Waals surface area contributed by atoms with Gasteiger partial charge < -0.3 is 5.73 Å². The molecule has 94 valence electrons. The summed E-state index contributed by atoms with van der Waals surface area (Å²) >= 11 is 1.86. The van der Waals surface area contributed by atoms with Crippen LogP contribution in [-0.2, 0) is 5.41 Å². The first-order chi connectivity index (χ1) is 8.63. The van der Waals surface area contributed by atoms with Gasteiger partial charge in [-0.3, -0.25) is 0 Å².